The minimum absolute atomic E-state index is 0.0488. The lowest BCUT2D eigenvalue weighted by atomic mass is 9.86. The summed E-state index contributed by atoms with van der Waals surface area (Å²) in [7, 11) is 0. The molecule has 1 aromatic rings. The number of Topliss-reactive ketones (excluding diaryl/α,β-unsaturated/α-hetero) is 1. The van der Waals surface area contributed by atoms with Crippen LogP contribution < -0.4 is 0 Å². The molecule has 0 unspecified atom stereocenters. The van der Waals surface area contributed by atoms with Gasteiger partial charge in [0, 0.05) is 11.0 Å². The van der Waals surface area contributed by atoms with Crippen molar-refractivity contribution in [2.24, 2.45) is 5.41 Å². The van der Waals surface area contributed by atoms with Crippen LogP contribution in [0, 0.1) is 5.41 Å². The SMILES string of the molecule is CC(C)OCCOC(=O)c1ccc(C(=O)C(C)(C)C)cc1. The number of benzene rings is 1. The molecule has 0 saturated carbocycles. The average molecular weight is 292 g/mol. The monoisotopic (exact) mass is 292 g/mol. The number of esters is 1. The molecule has 0 aliphatic heterocycles. The first-order valence-corrected chi connectivity index (χ1v) is 7.15. The standard InChI is InChI=1S/C17H24O4/c1-12(2)20-10-11-21-16(19)14-8-6-13(7-9-14)15(18)17(3,4)5/h6-9,12H,10-11H2,1-5H3. The molecule has 0 aromatic heterocycles. The summed E-state index contributed by atoms with van der Waals surface area (Å²) in [5.74, 6) is -0.357. The second-order valence-corrected chi connectivity index (χ2v) is 6.21. The van der Waals surface area contributed by atoms with Gasteiger partial charge in [-0.25, -0.2) is 4.79 Å². The smallest absolute Gasteiger partial charge is 0.338 e. The molecule has 0 atom stereocenters. The Balaban J connectivity index is 2.58. The van der Waals surface area contributed by atoms with Crippen molar-refractivity contribution in [2.75, 3.05) is 13.2 Å². The predicted molar refractivity (Wildman–Crippen MR) is 81.6 cm³/mol. The van der Waals surface area contributed by atoms with Crippen LogP contribution in [0.3, 0.4) is 0 Å². The molecule has 0 N–H and O–H groups in total. The van der Waals surface area contributed by atoms with Crippen LogP contribution in [0.25, 0.3) is 0 Å². The third-order valence-corrected chi connectivity index (χ3v) is 2.83. The summed E-state index contributed by atoms with van der Waals surface area (Å²) in [5, 5.41) is 0. The molecule has 0 fully saturated rings. The molecule has 116 valence electrons. The van der Waals surface area contributed by atoms with Crippen LogP contribution >= 0.6 is 0 Å². The second-order valence-electron chi connectivity index (χ2n) is 6.21. The number of ether oxygens (including phenoxy) is 2. The van der Waals surface area contributed by atoms with Crippen molar-refractivity contribution in [2.45, 2.75) is 40.7 Å². The second kappa shape index (κ2) is 7.36. The maximum Gasteiger partial charge on any atom is 0.338 e. The van der Waals surface area contributed by atoms with Gasteiger partial charge in [0.2, 0.25) is 0 Å². The molecule has 4 nitrogen and oxygen atoms in total. The number of rotatable bonds is 6. The molecule has 0 amide bonds. The van der Waals surface area contributed by atoms with Gasteiger partial charge in [-0.05, 0) is 26.0 Å². The van der Waals surface area contributed by atoms with Crippen LogP contribution in [0.15, 0.2) is 24.3 Å². The van der Waals surface area contributed by atoms with Crippen molar-refractivity contribution < 1.29 is 19.1 Å². The molecule has 1 rings (SSSR count). The molecular formula is C17H24O4. The molecule has 21 heavy (non-hydrogen) atoms. The van der Waals surface area contributed by atoms with Crippen molar-refractivity contribution >= 4 is 11.8 Å². The fourth-order valence-electron chi connectivity index (χ4n) is 1.69. The Morgan fingerprint density at radius 3 is 2.00 bits per heavy atom. The summed E-state index contributed by atoms with van der Waals surface area (Å²) in [6.45, 7) is 10.0. The molecule has 0 spiro atoms. The minimum Gasteiger partial charge on any atom is -0.460 e. The molecule has 0 radical (unpaired) electrons. The van der Waals surface area contributed by atoms with Crippen LogP contribution in [0.2, 0.25) is 0 Å². The van der Waals surface area contributed by atoms with Gasteiger partial charge in [-0.2, -0.15) is 0 Å². The van der Waals surface area contributed by atoms with E-state index in [0.29, 0.717) is 17.7 Å². The lowest BCUT2D eigenvalue weighted by Gasteiger charge is -2.16. The Hall–Kier alpha value is -1.68. The van der Waals surface area contributed by atoms with Gasteiger partial charge in [0.05, 0.1) is 18.3 Å². The first-order chi connectivity index (χ1) is 9.71. The molecule has 0 bridgehead atoms. The van der Waals surface area contributed by atoms with Gasteiger partial charge in [-0.1, -0.05) is 32.9 Å². The van der Waals surface area contributed by atoms with E-state index in [9.17, 15) is 9.59 Å². The Morgan fingerprint density at radius 2 is 1.52 bits per heavy atom. The Kier molecular flexibility index (Phi) is 6.09. The highest BCUT2D eigenvalue weighted by Crippen LogP contribution is 2.21. The maximum atomic E-state index is 12.1. The summed E-state index contributed by atoms with van der Waals surface area (Å²) in [4.78, 5) is 23.9. The van der Waals surface area contributed by atoms with Gasteiger partial charge in [0.1, 0.15) is 6.61 Å². The van der Waals surface area contributed by atoms with Crippen LogP contribution in [0.5, 0.6) is 0 Å². The summed E-state index contributed by atoms with van der Waals surface area (Å²) in [5.41, 5.74) is 0.600. The van der Waals surface area contributed by atoms with Crippen LogP contribution in [0.4, 0.5) is 0 Å². The molecule has 0 heterocycles. The van der Waals surface area contributed by atoms with Gasteiger partial charge in [0.25, 0.3) is 0 Å². The summed E-state index contributed by atoms with van der Waals surface area (Å²) >= 11 is 0. The number of carbonyl (C=O) groups excluding carboxylic acids is 2. The number of carbonyl (C=O) groups is 2. The van der Waals surface area contributed by atoms with Gasteiger partial charge >= 0.3 is 5.97 Å². The molecular weight excluding hydrogens is 268 g/mol. The first kappa shape index (κ1) is 17.4. The van der Waals surface area contributed by atoms with Crippen molar-refractivity contribution in [3.8, 4) is 0 Å². The fraction of sp³-hybridized carbons (Fsp3) is 0.529. The quantitative estimate of drug-likeness (QED) is 0.457. The Bertz CT molecular complexity index is 481. The van der Waals surface area contributed by atoms with Gasteiger partial charge in [0.15, 0.2) is 5.78 Å². The van der Waals surface area contributed by atoms with Crippen molar-refractivity contribution in [3.05, 3.63) is 35.4 Å². The zero-order valence-electron chi connectivity index (χ0n) is 13.4. The van der Waals surface area contributed by atoms with Crippen molar-refractivity contribution in [1.82, 2.24) is 0 Å². The summed E-state index contributed by atoms with van der Waals surface area (Å²) in [6.07, 6.45) is 0.117. The zero-order valence-corrected chi connectivity index (χ0v) is 13.4. The van der Waals surface area contributed by atoms with E-state index < -0.39 is 11.4 Å². The van der Waals surface area contributed by atoms with E-state index in [0.717, 1.165) is 0 Å². The van der Waals surface area contributed by atoms with E-state index in [1.165, 1.54) is 0 Å². The number of ketones is 1. The Morgan fingerprint density at radius 1 is 1.00 bits per heavy atom. The van der Waals surface area contributed by atoms with E-state index in [4.69, 9.17) is 9.47 Å². The summed E-state index contributed by atoms with van der Waals surface area (Å²) < 4.78 is 10.4. The van der Waals surface area contributed by atoms with E-state index in [-0.39, 0.29) is 18.5 Å². The van der Waals surface area contributed by atoms with E-state index in [2.05, 4.69) is 0 Å². The average Bonchev–Trinajstić information content (AvgIpc) is 2.41. The molecule has 1 aromatic carbocycles. The molecule has 0 aliphatic carbocycles. The first-order valence-electron chi connectivity index (χ1n) is 7.15. The fourth-order valence-corrected chi connectivity index (χ4v) is 1.69. The van der Waals surface area contributed by atoms with Crippen molar-refractivity contribution in [1.29, 1.82) is 0 Å². The van der Waals surface area contributed by atoms with Crippen molar-refractivity contribution in [3.63, 3.8) is 0 Å². The molecule has 0 aliphatic rings. The third kappa shape index (κ3) is 5.68. The lowest BCUT2D eigenvalue weighted by Crippen LogP contribution is -2.20. The highest BCUT2D eigenvalue weighted by atomic mass is 16.6. The topological polar surface area (TPSA) is 52.6 Å². The number of hydrogen-bond acceptors (Lipinski definition) is 4. The van der Waals surface area contributed by atoms with Crippen LogP contribution in [-0.4, -0.2) is 31.1 Å². The normalized spacial score (nSPS) is 11.5. The summed E-state index contributed by atoms with van der Waals surface area (Å²) in [6, 6.07) is 6.55. The minimum atomic E-state index is -0.434. The van der Waals surface area contributed by atoms with Gasteiger partial charge in [-0.3, -0.25) is 4.79 Å². The maximum absolute atomic E-state index is 12.1. The van der Waals surface area contributed by atoms with Gasteiger partial charge in [-0.15, -0.1) is 0 Å². The van der Waals surface area contributed by atoms with Crippen LogP contribution in [0.1, 0.15) is 55.3 Å². The van der Waals surface area contributed by atoms with E-state index >= 15 is 0 Å². The highest BCUT2D eigenvalue weighted by molar-refractivity contribution is 6.00. The predicted octanol–water partition coefficient (Wildman–Crippen LogP) is 3.50. The lowest BCUT2D eigenvalue weighted by molar-refractivity contribution is 0.0177. The Labute approximate surface area is 126 Å². The van der Waals surface area contributed by atoms with E-state index in [1.54, 1.807) is 24.3 Å². The molecule has 4 heteroatoms. The largest absolute Gasteiger partial charge is 0.460 e. The van der Waals surface area contributed by atoms with Gasteiger partial charge < -0.3 is 9.47 Å². The zero-order chi connectivity index (χ0) is 16.0. The molecule has 0 saturated heterocycles. The third-order valence-electron chi connectivity index (χ3n) is 2.83. The van der Waals surface area contributed by atoms with Crippen LogP contribution in [-0.2, 0) is 9.47 Å². The van der Waals surface area contributed by atoms with E-state index in [1.807, 2.05) is 34.6 Å². The highest BCUT2D eigenvalue weighted by Gasteiger charge is 2.22. The number of hydrogen-bond donors (Lipinski definition) is 0.